The zero-order valence-corrected chi connectivity index (χ0v) is 14.6. The Morgan fingerprint density at radius 3 is 2.71 bits per heavy atom. The number of unbranched alkanes of at least 4 members (excludes halogenated alkanes) is 1. The van der Waals surface area contributed by atoms with Crippen molar-refractivity contribution < 1.29 is 4.74 Å². The number of nitrogens with zero attached hydrogens (tertiary/aromatic N) is 2. The molecule has 122 valence electrons. The van der Waals surface area contributed by atoms with Gasteiger partial charge in [0.1, 0.15) is 10.8 Å². The number of nitriles is 1. The fourth-order valence-corrected chi connectivity index (χ4v) is 3.77. The molecule has 1 heterocycles. The Balaban J connectivity index is 1.82. The van der Waals surface area contributed by atoms with Crippen molar-refractivity contribution in [2.24, 2.45) is 4.99 Å². The number of hydrogen-bond acceptors (Lipinski definition) is 4. The number of ether oxygens (including phenoxy) is 1. The number of para-hydroxylation sites is 1. The van der Waals surface area contributed by atoms with Crippen LogP contribution in [0.1, 0.15) is 42.6 Å². The summed E-state index contributed by atoms with van der Waals surface area (Å²) >= 11 is 1.67. The molecule has 1 atom stereocenters. The van der Waals surface area contributed by atoms with E-state index in [2.05, 4.69) is 19.1 Å². The van der Waals surface area contributed by atoms with Crippen LogP contribution in [0.25, 0.3) is 0 Å². The molecule has 1 aliphatic heterocycles. The lowest BCUT2D eigenvalue weighted by atomic mass is 10.1. The van der Waals surface area contributed by atoms with Crippen molar-refractivity contribution in [3.05, 3.63) is 59.7 Å². The second kappa shape index (κ2) is 8.03. The summed E-state index contributed by atoms with van der Waals surface area (Å²) < 4.78 is 5.71. The lowest BCUT2D eigenvalue weighted by Crippen LogP contribution is -2.07. The molecule has 24 heavy (non-hydrogen) atoms. The van der Waals surface area contributed by atoms with E-state index in [1.54, 1.807) is 11.8 Å². The predicted molar refractivity (Wildman–Crippen MR) is 100 cm³/mol. The first-order valence-electron chi connectivity index (χ1n) is 8.26. The molecule has 3 rings (SSSR count). The molecule has 2 aromatic carbocycles. The SMILES string of the molecule is CCCCOc1ccc(C2=Nc3ccccc3C(CC#N)S2)cc1. The summed E-state index contributed by atoms with van der Waals surface area (Å²) in [5, 5.41) is 10.2. The molecule has 0 saturated heterocycles. The summed E-state index contributed by atoms with van der Waals surface area (Å²) in [5.41, 5.74) is 3.18. The van der Waals surface area contributed by atoms with E-state index in [4.69, 9.17) is 15.0 Å². The number of aliphatic imine (C=N–C) groups is 1. The molecule has 1 unspecified atom stereocenters. The average molecular weight is 336 g/mol. The Morgan fingerprint density at radius 1 is 1.17 bits per heavy atom. The molecule has 0 fully saturated rings. The van der Waals surface area contributed by atoms with Crippen molar-refractivity contribution in [2.45, 2.75) is 31.4 Å². The molecular weight excluding hydrogens is 316 g/mol. The van der Waals surface area contributed by atoms with Crippen molar-refractivity contribution in [1.29, 1.82) is 5.26 Å². The van der Waals surface area contributed by atoms with Gasteiger partial charge in [-0.2, -0.15) is 5.26 Å². The molecular formula is C20H20N2OS. The van der Waals surface area contributed by atoms with E-state index in [0.717, 1.165) is 47.1 Å². The first-order chi connectivity index (χ1) is 11.8. The van der Waals surface area contributed by atoms with Gasteiger partial charge in [-0.05, 0) is 42.3 Å². The van der Waals surface area contributed by atoms with Crippen molar-refractivity contribution in [3.8, 4) is 11.8 Å². The lowest BCUT2D eigenvalue weighted by molar-refractivity contribution is 0.309. The highest BCUT2D eigenvalue weighted by Crippen LogP contribution is 2.44. The van der Waals surface area contributed by atoms with Gasteiger partial charge in [0.15, 0.2) is 0 Å². The van der Waals surface area contributed by atoms with Crippen molar-refractivity contribution in [1.82, 2.24) is 0 Å². The summed E-state index contributed by atoms with van der Waals surface area (Å²) in [5.74, 6) is 0.891. The maximum atomic E-state index is 9.12. The molecule has 0 aromatic heterocycles. The normalized spacial score (nSPS) is 16.0. The summed E-state index contributed by atoms with van der Waals surface area (Å²) in [6.07, 6.45) is 2.68. The molecule has 0 radical (unpaired) electrons. The molecule has 4 heteroatoms. The van der Waals surface area contributed by atoms with E-state index in [1.165, 1.54) is 0 Å². The molecule has 0 amide bonds. The number of hydrogen-bond donors (Lipinski definition) is 0. The number of rotatable bonds is 6. The quantitative estimate of drug-likeness (QED) is 0.641. The Kier molecular flexibility index (Phi) is 5.55. The van der Waals surface area contributed by atoms with E-state index in [1.807, 2.05) is 42.5 Å². The van der Waals surface area contributed by atoms with E-state index < -0.39 is 0 Å². The molecule has 3 nitrogen and oxygen atoms in total. The van der Waals surface area contributed by atoms with Crippen LogP contribution >= 0.6 is 11.8 Å². The Hall–Kier alpha value is -2.25. The van der Waals surface area contributed by atoms with Crippen LogP contribution in [0.5, 0.6) is 5.75 Å². The number of thioether (sulfide) groups is 1. The van der Waals surface area contributed by atoms with E-state index in [0.29, 0.717) is 6.42 Å². The van der Waals surface area contributed by atoms with Gasteiger partial charge in [0.25, 0.3) is 0 Å². The summed E-state index contributed by atoms with van der Waals surface area (Å²) in [4.78, 5) is 4.78. The highest BCUT2D eigenvalue weighted by atomic mass is 32.2. The standard InChI is InChI=1S/C20H20N2OS/c1-2-3-14-23-16-10-8-15(9-11-16)20-22-18-7-5-4-6-17(18)19(24-20)12-13-21/h4-11,19H,2-3,12,14H2,1H3. The van der Waals surface area contributed by atoms with Crippen LogP contribution in [0.15, 0.2) is 53.5 Å². The second-order valence-electron chi connectivity index (χ2n) is 5.67. The van der Waals surface area contributed by atoms with Crippen LogP contribution in [0.2, 0.25) is 0 Å². The third-order valence-electron chi connectivity index (χ3n) is 3.90. The van der Waals surface area contributed by atoms with Gasteiger partial charge in [-0.3, -0.25) is 0 Å². The van der Waals surface area contributed by atoms with Crippen LogP contribution in [0.4, 0.5) is 5.69 Å². The maximum absolute atomic E-state index is 9.12. The third-order valence-corrected chi connectivity index (χ3v) is 5.16. The topological polar surface area (TPSA) is 45.4 Å². The third kappa shape index (κ3) is 3.80. The fraction of sp³-hybridized carbons (Fsp3) is 0.300. The number of benzene rings is 2. The highest BCUT2D eigenvalue weighted by Gasteiger charge is 2.23. The molecule has 0 saturated carbocycles. The van der Waals surface area contributed by atoms with Gasteiger partial charge in [0.2, 0.25) is 0 Å². The van der Waals surface area contributed by atoms with Crippen LogP contribution in [0.3, 0.4) is 0 Å². The molecule has 0 spiro atoms. The minimum absolute atomic E-state index is 0.138. The molecule has 0 bridgehead atoms. The molecule has 2 aromatic rings. The first kappa shape index (κ1) is 16.6. The van der Waals surface area contributed by atoms with Gasteiger partial charge in [0.05, 0.1) is 30.0 Å². The average Bonchev–Trinajstić information content (AvgIpc) is 2.63. The van der Waals surface area contributed by atoms with Crippen molar-refractivity contribution in [2.75, 3.05) is 6.61 Å². The van der Waals surface area contributed by atoms with Crippen LogP contribution in [-0.4, -0.2) is 11.7 Å². The first-order valence-corrected chi connectivity index (χ1v) is 9.14. The second-order valence-corrected chi connectivity index (χ2v) is 6.86. The van der Waals surface area contributed by atoms with E-state index in [-0.39, 0.29) is 5.25 Å². The predicted octanol–water partition coefficient (Wildman–Crippen LogP) is 5.65. The molecule has 1 aliphatic rings. The Bertz CT molecular complexity index is 762. The van der Waals surface area contributed by atoms with Crippen LogP contribution < -0.4 is 4.74 Å². The van der Waals surface area contributed by atoms with Crippen LogP contribution in [0, 0.1) is 11.3 Å². The van der Waals surface area contributed by atoms with Gasteiger partial charge in [-0.1, -0.05) is 43.3 Å². The monoisotopic (exact) mass is 336 g/mol. The number of fused-ring (bicyclic) bond motifs is 1. The van der Waals surface area contributed by atoms with Gasteiger partial charge in [-0.15, -0.1) is 0 Å². The molecule has 0 N–H and O–H groups in total. The Labute approximate surface area is 147 Å². The minimum Gasteiger partial charge on any atom is -0.494 e. The smallest absolute Gasteiger partial charge is 0.119 e. The zero-order chi connectivity index (χ0) is 16.8. The van der Waals surface area contributed by atoms with E-state index in [9.17, 15) is 0 Å². The van der Waals surface area contributed by atoms with Gasteiger partial charge >= 0.3 is 0 Å². The summed E-state index contributed by atoms with van der Waals surface area (Å²) in [6, 6.07) is 18.4. The fourth-order valence-electron chi connectivity index (χ4n) is 2.59. The largest absolute Gasteiger partial charge is 0.494 e. The lowest BCUT2D eigenvalue weighted by Gasteiger charge is -2.22. The zero-order valence-electron chi connectivity index (χ0n) is 13.7. The van der Waals surface area contributed by atoms with Gasteiger partial charge in [0, 0.05) is 5.56 Å². The van der Waals surface area contributed by atoms with Crippen molar-refractivity contribution in [3.63, 3.8) is 0 Å². The van der Waals surface area contributed by atoms with Gasteiger partial charge < -0.3 is 4.74 Å². The maximum Gasteiger partial charge on any atom is 0.119 e. The van der Waals surface area contributed by atoms with Gasteiger partial charge in [-0.25, -0.2) is 4.99 Å². The Morgan fingerprint density at radius 2 is 1.96 bits per heavy atom. The van der Waals surface area contributed by atoms with E-state index >= 15 is 0 Å². The minimum atomic E-state index is 0.138. The van der Waals surface area contributed by atoms with Crippen molar-refractivity contribution >= 4 is 22.5 Å². The summed E-state index contributed by atoms with van der Waals surface area (Å²) in [7, 11) is 0. The van der Waals surface area contributed by atoms with Crippen LogP contribution in [-0.2, 0) is 0 Å². The summed E-state index contributed by atoms with van der Waals surface area (Å²) in [6.45, 7) is 2.91. The highest BCUT2D eigenvalue weighted by molar-refractivity contribution is 8.14. The molecule has 0 aliphatic carbocycles.